The van der Waals surface area contributed by atoms with E-state index in [0.29, 0.717) is 29.4 Å². The van der Waals surface area contributed by atoms with Crippen molar-refractivity contribution in [1.82, 2.24) is 9.36 Å². The number of nitrogens with one attached hydrogen (secondary N) is 1. The Morgan fingerprint density at radius 2 is 1.78 bits per heavy atom. The van der Waals surface area contributed by atoms with Crippen molar-refractivity contribution in [3.63, 3.8) is 0 Å². The maximum absolute atomic E-state index is 13.1. The summed E-state index contributed by atoms with van der Waals surface area (Å²) in [7, 11) is 1.77. The number of para-hydroxylation sites is 3. The zero-order valence-electron chi connectivity index (χ0n) is 18.4. The van der Waals surface area contributed by atoms with E-state index in [-0.39, 0.29) is 36.0 Å². The van der Waals surface area contributed by atoms with Crippen molar-refractivity contribution in [2.45, 2.75) is 20.3 Å². The van der Waals surface area contributed by atoms with Gasteiger partial charge in [-0.1, -0.05) is 30.3 Å². The van der Waals surface area contributed by atoms with Gasteiger partial charge in [0.25, 0.3) is 5.56 Å². The Kier molecular flexibility index (Phi) is 5.85. The Hall–Kier alpha value is -3.81. The number of carbonyl (C=O) groups excluding carboxylic acids is 2. The van der Waals surface area contributed by atoms with Gasteiger partial charge in [0.15, 0.2) is 0 Å². The normalized spacial score (nSPS) is 15.8. The topological polar surface area (TPSA) is 85.6 Å². The number of hydrogen-bond acceptors (Lipinski definition) is 4. The molecule has 1 aliphatic heterocycles. The van der Waals surface area contributed by atoms with Crippen LogP contribution >= 0.6 is 0 Å². The third-order valence-corrected chi connectivity index (χ3v) is 5.75. The molecule has 0 saturated carbocycles. The van der Waals surface area contributed by atoms with Crippen molar-refractivity contribution in [3.05, 3.63) is 70.6 Å². The third kappa shape index (κ3) is 3.79. The van der Waals surface area contributed by atoms with E-state index in [1.54, 1.807) is 29.6 Å². The Morgan fingerprint density at radius 1 is 1.09 bits per heavy atom. The first-order valence-corrected chi connectivity index (χ1v) is 10.6. The Balaban J connectivity index is 1.56. The second-order valence-corrected chi connectivity index (χ2v) is 7.73. The predicted molar refractivity (Wildman–Crippen MR) is 122 cm³/mol. The van der Waals surface area contributed by atoms with Gasteiger partial charge < -0.3 is 15.0 Å². The molecule has 2 heterocycles. The SMILES string of the molecule is CCOc1ccccc1N1C[C@H](C(=O)Nc2c(C)n(C)n(-c3ccccc3)c2=O)CC1=O. The highest BCUT2D eigenvalue weighted by molar-refractivity contribution is 6.04. The highest BCUT2D eigenvalue weighted by atomic mass is 16.5. The zero-order chi connectivity index (χ0) is 22.8. The maximum atomic E-state index is 13.1. The van der Waals surface area contributed by atoms with Gasteiger partial charge in [0, 0.05) is 20.0 Å². The summed E-state index contributed by atoms with van der Waals surface area (Å²) in [5.41, 5.74) is 1.90. The van der Waals surface area contributed by atoms with Crippen LogP contribution in [0.3, 0.4) is 0 Å². The first-order valence-electron chi connectivity index (χ1n) is 10.6. The fourth-order valence-electron chi connectivity index (χ4n) is 4.01. The van der Waals surface area contributed by atoms with Crippen LogP contribution in [0.2, 0.25) is 0 Å². The number of ether oxygens (including phenoxy) is 1. The van der Waals surface area contributed by atoms with Gasteiger partial charge in [-0.2, -0.15) is 0 Å². The van der Waals surface area contributed by atoms with Crippen molar-refractivity contribution in [1.29, 1.82) is 0 Å². The summed E-state index contributed by atoms with van der Waals surface area (Å²) in [6.07, 6.45) is 0.0745. The summed E-state index contributed by atoms with van der Waals surface area (Å²) < 4.78 is 8.85. The van der Waals surface area contributed by atoms with Crippen LogP contribution < -0.4 is 20.5 Å². The molecule has 8 heteroatoms. The van der Waals surface area contributed by atoms with Crippen LogP contribution in [0.4, 0.5) is 11.4 Å². The van der Waals surface area contributed by atoms with Crippen LogP contribution in [0.5, 0.6) is 5.75 Å². The molecule has 1 saturated heterocycles. The van der Waals surface area contributed by atoms with Crippen molar-refractivity contribution >= 4 is 23.2 Å². The van der Waals surface area contributed by atoms with Gasteiger partial charge in [0.2, 0.25) is 11.8 Å². The minimum absolute atomic E-state index is 0.0745. The van der Waals surface area contributed by atoms with E-state index in [9.17, 15) is 14.4 Å². The maximum Gasteiger partial charge on any atom is 0.295 e. The molecular weight excluding hydrogens is 408 g/mol. The first-order chi connectivity index (χ1) is 15.4. The summed E-state index contributed by atoms with van der Waals surface area (Å²) in [5, 5.41) is 2.78. The number of anilines is 2. The minimum Gasteiger partial charge on any atom is -0.492 e. The minimum atomic E-state index is -0.568. The summed E-state index contributed by atoms with van der Waals surface area (Å²) >= 11 is 0. The Bertz CT molecular complexity index is 1210. The fraction of sp³-hybridized carbons (Fsp3) is 0.292. The summed E-state index contributed by atoms with van der Waals surface area (Å²) in [5.74, 6) is -0.458. The van der Waals surface area contributed by atoms with Crippen molar-refractivity contribution in [2.75, 3.05) is 23.4 Å². The van der Waals surface area contributed by atoms with Crippen LogP contribution in [-0.4, -0.2) is 34.3 Å². The molecule has 0 bridgehead atoms. The van der Waals surface area contributed by atoms with Gasteiger partial charge in [-0.15, -0.1) is 0 Å². The van der Waals surface area contributed by atoms with Crippen molar-refractivity contribution in [3.8, 4) is 11.4 Å². The molecule has 4 rings (SSSR count). The molecular formula is C24H26N4O4. The molecule has 8 nitrogen and oxygen atoms in total. The molecule has 1 aromatic heterocycles. The van der Waals surface area contributed by atoms with Crippen molar-refractivity contribution < 1.29 is 14.3 Å². The monoisotopic (exact) mass is 434 g/mol. The van der Waals surface area contributed by atoms with Gasteiger partial charge in [-0.3, -0.25) is 19.1 Å². The van der Waals surface area contributed by atoms with Gasteiger partial charge in [0.05, 0.1) is 29.6 Å². The molecule has 1 aliphatic rings. The molecule has 166 valence electrons. The smallest absolute Gasteiger partial charge is 0.295 e. The van der Waals surface area contributed by atoms with Gasteiger partial charge in [-0.25, -0.2) is 4.68 Å². The molecule has 1 N–H and O–H groups in total. The highest BCUT2D eigenvalue weighted by Crippen LogP contribution is 2.33. The third-order valence-electron chi connectivity index (χ3n) is 5.75. The van der Waals surface area contributed by atoms with E-state index >= 15 is 0 Å². The van der Waals surface area contributed by atoms with E-state index in [1.807, 2.05) is 55.5 Å². The molecule has 0 unspecified atom stereocenters. The Morgan fingerprint density at radius 3 is 2.50 bits per heavy atom. The molecule has 0 aliphatic carbocycles. The molecule has 32 heavy (non-hydrogen) atoms. The summed E-state index contributed by atoms with van der Waals surface area (Å²) in [6.45, 7) is 4.36. The quantitative estimate of drug-likeness (QED) is 0.647. The molecule has 1 atom stereocenters. The molecule has 0 spiro atoms. The second-order valence-electron chi connectivity index (χ2n) is 7.73. The largest absolute Gasteiger partial charge is 0.492 e. The zero-order valence-corrected chi connectivity index (χ0v) is 18.4. The number of nitrogens with zero attached hydrogens (tertiary/aromatic N) is 3. The lowest BCUT2D eigenvalue weighted by Gasteiger charge is -2.20. The number of aromatic nitrogens is 2. The van der Waals surface area contributed by atoms with Gasteiger partial charge >= 0.3 is 0 Å². The van der Waals surface area contributed by atoms with Crippen LogP contribution in [-0.2, 0) is 16.6 Å². The van der Waals surface area contributed by atoms with E-state index < -0.39 is 5.92 Å². The second kappa shape index (κ2) is 8.74. The van der Waals surface area contributed by atoms with Gasteiger partial charge in [-0.05, 0) is 38.1 Å². The van der Waals surface area contributed by atoms with Crippen LogP contribution in [0.15, 0.2) is 59.4 Å². The lowest BCUT2D eigenvalue weighted by Crippen LogP contribution is -2.30. The number of hydrogen-bond donors (Lipinski definition) is 1. The van der Waals surface area contributed by atoms with Crippen molar-refractivity contribution in [2.24, 2.45) is 13.0 Å². The average molecular weight is 434 g/mol. The molecule has 2 amide bonds. The summed E-state index contributed by atoms with van der Waals surface area (Å²) in [6, 6.07) is 16.5. The molecule has 2 aromatic carbocycles. The lowest BCUT2D eigenvalue weighted by molar-refractivity contribution is -0.122. The molecule has 0 radical (unpaired) electrons. The molecule has 3 aromatic rings. The standard InChI is InChI=1S/C24H26N4O4/c1-4-32-20-13-9-8-12-19(20)27-15-17(14-21(27)29)23(30)25-22-16(2)26(3)28(24(22)31)18-10-6-5-7-11-18/h5-13,17H,4,14-15H2,1-3H3,(H,25,30)/t17-/m1/s1. The average Bonchev–Trinajstić information content (AvgIpc) is 3.28. The fourth-order valence-corrected chi connectivity index (χ4v) is 4.01. The number of benzene rings is 2. The lowest BCUT2D eigenvalue weighted by atomic mass is 10.1. The van der Waals surface area contributed by atoms with E-state index in [1.165, 1.54) is 4.68 Å². The highest BCUT2D eigenvalue weighted by Gasteiger charge is 2.37. The van der Waals surface area contributed by atoms with Crippen LogP contribution in [0.1, 0.15) is 19.0 Å². The number of rotatable bonds is 6. The number of carbonyl (C=O) groups is 2. The Labute approximate surface area is 186 Å². The summed E-state index contributed by atoms with van der Waals surface area (Å²) in [4.78, 5) is 40.4. The first kappa shape index (κ1) is 21.4. The van der Waals surface area contributed by atoms with E-state index in [0.717, 1.165) is 0 Å². The van der Waals surface area contributed by atoms with Gasteiger partial charge in [0.1, 0.15) is 11.4 Å². The molecule has 1 fully saturated rings. The number of amides is 2. The van der Waals surface area contributed by atoms with E-state index in [2.05, 4.69) is 5.32 Å². The van der Waals surface area contributed by atoms with Crippen LogP contribution in [0, 0.1) is 12.8 Å². The predicted octanol–water partition coefficient (Wildman–Crippen LogP) is 2.87. The van der Waals surface area contributed by atoms with Crippen LogP contribution in [0.25, 0.3) is 5.69 Å². The van der Waals surface area contributed by atoms with E-state index in [4.69, 9.17) is 4.74 Å².